The molecule has 0 saturated heterocycles. The van der Waals surface area contributed by atoms with Gasteiger partial charge < -0.3 is 13.3 Å². The van der Waals surface area contributed by atoms with Gasteiger partial charge in [-0.25, -0.2) is 0 Å². The Morgan fingerprint density at radius 2 is 1.13 bits per heavy atom. The topological polar surface area (TPSA) is 52.4 Å². The Morgan fingerprint density at radius 3 is 1.57 bits per heavy atom. The summed E-state index contributed by atoms with van der Waals surface area (Å²) >= 11 is 0. The lowest BCUT2D eigenvalue weighted by molar-refractivity contribution is 0.188. The molecule has 7 heteroatoms. The summed E-state index contributed by atoms with van der Waals surface area (Å²) in [5.41, 5.74) is 2.25. The van der Waals surface area contributed by atoms with Crippen LogP contribution in [0.5, 0.6) is 0 Å². The Bertz CT molecular complexity index is 628. The van der Waals surface area contributed by atoms with Crippen LogP contribution < -0.4 is 0 Å². The number of hydrogen-bond donors (Lipinski definition) is 0. The van der Waals surface area contributed by atoms with Gasteiger partial charge in [0.1, 0.15) is 0 Å². The van der Waals surface area contributed by atoms with E-state index in [4.69, 9.17) is 13.3 Å². The van der Waals surface area contributed by atoms with Crippen molar-refractivity contribution in [3.63, 3.8) is 0 Å². The fourth-order valence-electron chi connectivity index (χ4n) is 3.36. The molecule has 170 valence electrons. The highest BCUT2D eigenvalue weighted by molar-refractivity contribution is 6.71. The summed E-state index contributed by atoms with van der Waals surface area (Å²) in [6.07, 6.45) is 5.99. The third kappa shape index (κ3) is 11.9. The van der Waals surface area contributed by atoms with Gasteiger partial charge in [-0.15, -0.1) is 0 Å². The van der Waals surface area contributed by atoms with Crippen molar-refractivity contribution in [1.82, 2.24) is 0 Å². The van der Waals surface area contributed by atoms with Gasteiger partial charge in [0.15, 0.2) is 8.32 Å². The Labute approximate surface area is 186 Å². The quantitative estimate of drug-likeness (QED) is 0.185. The fourth-order valence-corrected chi connectivity index (χ4v) is 7.68. The summed E-state index contributed by atoms with van der Waals surface area (Å²) in [4.78, 5) is 9.13. The van der Waals surface area contributed by atoms with Crippen molar-refractivity contribution in [2.24, 2.45) is 9.98 Å². The van der Waals surface area contributed by atoms with Gasteiger partial charge in [0, 0.05) is 45.3 Å². The molecule has 1 rings (SSSR count). The molecule has 0 aliphatic rings. The highest BCUT2D eigenvalue weighted by Gasteiger charge is 2.29. The first-order chi connectivity index (χ1) is 14.3. The molecule has 0 amide bonds. The van der Waals surface area contributed by atoms with Gasteiger partial charge in [0.05, 0.1) is 0 Å². The molecule has 0 aliphatic heterocycles. The van der Waals surface area contributed by atoms with Crippen LogP contribution in [0.25, 0.3) is 0 Å². The molecule has 0 unspecified atom stereocenters. The lowest BCUT2D eigenvalue weighted by atomic mass is 10.1. The van der Waals surface area contributed by atoms with Gasteiger partial charge in [-0.2, -0.15) is 0 Å². The molecule has 0 atom stereocenters. The van der Waals surface area contributed by atoms with E-state index in [0.29, 0.717) is 13.2 Å². The van der Waals surface area contributed by atoms with Crippen LogP contribution in [0.15, 0.2) is 34.3 Å². The number of nitrogens with zero attached hydrogens (tertiary/aromatic N) is 2. The third-order valence-corrected chi connectivity index (χ3v) is 10.5. The zero-order chi connectivity index (χ0) is 22.3. The summed E-state index contributed by atoms with van der Waals surface area (Å²) in [5.74, 6) is 0. The van der Waals surface area contributed by atoms with Crippen LogP contribution in [-0.2, 0) is 13.3 Å². The van der Waals surface area contributed by atoms with Crippen molar-refractivity contribution >= 4 is 29.3 Å². The Morgan fingerprint density at radius 1 is 0.700 bits per heavy atom. The normalized spacial score (nSPS) is 13.0. The molecular weight excluding hydrogens is 408 g/mol. The van der Waals surface area contributed by atoms with E-state index in [-0.39, 0.29) is 0 Å². The van der Waals surface area contributed by atoms with E-state index < -0.39 is 16.9 Å². The smallest absolute Gasteiger partial charge is 0.334 e. The monoisotopic (exact) mass is 450 g/mol. The van der Waals surface area contributed by atoms with Gasteiger partial charge in [-0.05, 0) is 76.5 Å². The maximum atomic E-state index is 5.87. The van der Waals surface area contributed by atoms with Crippen LogP contribution in [-0.4, -0.2) is 62.2 Å². The van der Waals surface area contributed by atoms with Crippen LogP contribution in [0.3, 0.4) is 0 Å². The Balaban J connectivity index is 2.35. The van der Waals surface area contributed by atoms with E-state index >= 15 is 0 Å². The third-order valence-electron chi connectivity index (χ3n) is 4.84. The van der Waals surface area contributed by atoms with Crippen LogP contribution >= 0.6 is 0 Å². The molecule has 0 bridgehead atoms. The first-order valence-electron chi connectivity index (χ1n) is 11.4. The summed E-state index contributed by atoms with van der Waals surface area (Å²) in [7, 11) is -3.49. The number of benzene rings is 1. The first-order valence-corrected chi connectivity index (χ1v) is 17.0. The lowest BCUT2D eigenvalue weighted by Gasteiger charge is -2.25. The largest absolute Gasteiger partial charge is 0.418 e. The van der Waals surface area contributed by atoms with E-state index in [0.717, 1.165) is 55.8 Å². The summed E-state index contributed by atoms with van der Waals surface area (Å²) in [5, 5.41) is 0. The van der Waals surface area contributed by atoms with Gasteiger partial charge in [-0.3, -0.25) is 9.98 Å². The molecule has 0 heterocycles. The minimum absolute atomic E-state index is 0.717. The number of aliphatic imine (C=N–C) groups is 2. The van der Waals surface area contributed by atoms with Gasteiger partial charge in [0.2, 0.25) is 0 Å². The standard InChI is InChI=1S/C23H42N2O3Si2/c1-7-26-29(4,5)18-10-16-24-20-22-12-14-23(15-13-22)21-25-17-11-19-30(6,27-8-2)28-9-3/h12-15,20-21H,7-11,16-19H2,1-6H3/b24-20+,25-21+. The van der Waals surface area contributed by atoms with Crippen LogP contribution in [0.2, 0.25) is 31.7 Å². The molecule has 0 spiro atoms. The molecule has 5 nitrogen and oxygen atoms in total. The highest BCUT2D eigenvalue weighted by atomic mass is 28.4. The predicted octanol–water partition coefficient (Wildman–Crippen LogP) is 5.69. The molecule has 0 aliphatic carbocycles. The van der Waals surface area contributed by atoms with E-state index in [2.05, 4.69) is 60.8 Å². The second-order valence-electron chi connectivity index (χ2n) is 8.14. The summed E-state index contributed by atoms with van der Waals surface area (Å²) in [6.45, 7) is 16.7. The van der Waals surface area contributed by atoms with Gasteiger partial charge in [-0.1, -0.05) is 24.3 Å². The van der Waals surface area contributed by atoms with Crippen LogP contribution in [0.1, 0.15) is 44.7 Å². The van der Waals surface area contributed by atoms with Crippen LogP contribution in [0.4, 0.5) is 0 Å². The SMILES string of the molecule is CCO[Si](C)(C)CCC/N=C/c1ccc(/C=N/CCC[Si](C)(OCC)OCC)cc1. The minimum Gasteiger partial charge on any atom is -0.418 e. The van der Waals surface area contributed by atoms with Gasteiger partial charge in [0.25, 0.3) is 0 Å². The number of hydrogen-bond acceptors (Lipinski definition) is 5. The Kier molecular flexibility index (Phi) is 13.3. The van der Waals surface area contributed by atoms with Gasteiger partial charge >= 0.3 is 8.56 Å². The van der Waals surface area contributed by atoms with Crippen molar-refractivity contribution in [2.45, 2.75) is 65.3 Å². The lowest BCUT2D eigenvalue weighted by Crippen LogP contribution is -2.38. The van der Waals surface area contributed by atoms with Crippen molar-refractivity contribution in [3.05, 3.63) is 35.4 Å². The average Bonchev–Trinajstić information content (AvgIpc) is 2.69. The van der Waals surface area contributed by atoms with Crippen molar-refractivity contribution < 1.29 is 13.3 Å². The molecule has 1 aromatic carbocycles. The zero-order valence-electron chi connectivity index (χ0n) is 19.9. The fraction of sp³-hybridized carbons (Fsp3) is 0.652. The maximum Gasteiger partial charge on any atom is 0.334 e. The average molecular weight is 451 g/mol. The first kappa shape index (κ1) is 26.9. The Hall–Kier alpha value is -1.13. The summed E-state index contributed by atoms with van der Waals surface area (Å²) < 4.78 is 17.6. The van der Waals surface area contributed by atoms with E-state index in [1.165, 1.54) is 0 Å². The molecular formula is C23H42N2O3Si2. The van der Waals surface area contributed by atoms with Crippen molar-refractivity contribution in [1.29, 1.82) is 0 Å². The molecule has 0 saturated carbocycles. The zero-order valence-corrected chi connectivity index (χ0v) is 21.9. The second-order valence-corrected chi connectivity index (χ2v) is 15.8. The maximum absolute atomic E-state index is 5.87. The predicted molar refractivity (Wildman–Crippen MR) is 134 cm³/mol. The van der Waals surface area contributed by atoms with E-state index in [1.807, 2.05) is 26.3 Å². The van der Waals surface area contributed by atoms with E-state index in [9.17, 15) is 0 Å². The highest BCUT2D eigenvalue weighted by Crippen LogP contribution is 2.16. The summed E-state index contributed by atoms with van der Waals surface area (Å²) in [6, 6.07) is 10.5. The number of rotatable bonds is 16. The van der Waals surface area contributed by atoms with Crippen LogP contribution in [0, 0.1) is 0 Å². The van der Waals surface area contributed by atoms with Crippen molar-refractivity contribution in [3.8, 4) is 0 Å². The second kappa shape index (κ2) is 14.8. The molecule has 0 aromatic heterocycles. The molecule has 30 heavy (non-hydrogen) atoms. The minimum atomic E-state index is -2.01. The molecule has 0 radical (unpaired) electrons. The molecule has 1 aromatic rings. The van der Waals surface area contributed by atoms with Crippen molar-refractivity contribution in [2.75, 3.05) is 32.9 Å². The molecule has 0 N–H and O–H groups in total. The van der Waals surface area contributed by atoms with E-state index in [1.54, 1.807) is 0 Å². The molecule has 0 fully saturated rings.